The van der Waals surface area contributed by atoms with E-state index in [9.17, 15) is 19.4 Å². The normalized spacial score (nSPS) is 12.2. The fourth-order valence-electron chi connectivity index (χ4n) is 2.53. The summed E-state index contributed by atoms with van der Waals surface area (Å²) in [7, 11) is 0. The molecule has 0 aliphatic heterocycles. The van der Waals surface area contributed by atoms with E-state index in [4.69, 9.17) is 11.6 Å². The van der Waals surface area contributed by atoms with Gasteiger partial charge in [0, 0.05) is 6.54 Å². The Bertz CT molecular complexity index is 734. The zero-order valence-corrected chi connectivity index (χ0v) is 14.9. The molecule has 0 radical (unpaired) electrons. The molecule has 2 aromatic rings. The lowest BCUT2D eigenvalue weighted by atomic mass is 10.1. The Kier molecular flexibility index (Phi) is 6.39. The number of hydrogen-bond acceptors (Lipinski definition) is 3. The van der Waals surface area contributed by atoms with Gasteiger partial charge in [0.05, 0.1) is 23.2 Å². The molecule has 0 saturated carbocycles. The molecule has 2 rings (SSSR count). The van der Waals surface area contributed by atoms with Crippen molar-refractivity contribution in [3.8, 4) is 5.75 Å². The SMILES string of the molecule is CC(C)CN(CC(O)c1ccc(F)cc1)C(=O)c1cc(O)ccc1Cl. The fourth-order valence-corrected chi connectivity index (χ4v) is 2.73. The van der Waals surface area contributed by atoms with Crippen LogP contribution in [0.2, 0.25) is 5.02 Å². The second kappa shape index (κ2) is 8.32. The van der Waals surface area contributed by atoms with Gasteiger partial charge in [-0.05, 0) is 41.8 Å². The van der Waals surface area contributed by atoms with Crippen molar-refractivity contribution in [3.63, 3.8) is 0 Å². The first-order chi connectivity index (χ1) is 11.8. The second-order valence-electron chi connectivity index (χ2n) is 6.34. The summed E-state index contributed by atoms with van der Waals surface area (Å²) in [6.07, 6.45) is -0.959. The summed E-state index contributed by atoms with van der Waals surface area (Å²) in [5, 5.41) is 20.3. The third kappa shape index (κ3) is 5.18. The molecule has 1 atom stereocenters. The number of aliphatic hydroxyl groups is 1. The molecule has 0 aliphatic rings. The molecule has 4 nitrogen and oxygen atoms in total. The van der Waals surface area contributed by atoms with Crippen LogP contribution < -0.4 is 0 Å². The third-order valence-electron chi connectivity index (χ3n) is 3.70. The number of rotatable bonds is 6. The van der Waals surface area contributed by atoms with Crippen LogP contribution in [0.3, 0.4) is 0 Å². The van der Waals surface area contributed by atoms with Crippen LogP contribution in [0.25, 0.3) is 0 Å². The Morgan fingerprint density at radius 3 is 2.40 bits per heavy atom. The first-order valence-corrected chi connectivity index (χ1v) is 8.37. The number of aromatic hydroxyl groups is 1. The van der Waals surface area contributed by atoms with Crippen LogP contribution in [0, 0.1) is 11.7 Å². The van der Waals surface area contributed by atoms with Crippen LogP contribution in [0.1, 0.15) is 35.9 Å². The topological polar surface area (TPSA) is 60.8 Å². The maximum absolute atomic E-state index is 13.0. The second-order valence-corrected chi connectivity index (χ2v) is 6.74. The van der Waals surface area contributed by atoms with E-state index in [1.165, 1.54) is 47.4 Å². The molecule has 0 heterocycles. The van der Waals surface area contributed by atoms with E-state index in [0.29, 0.717) is 12.1 Å². The molecule has 25 heavy (non-hydrogen) atoms. The molecule has 0 bridgehead atoms. The molecular weight excluding hydrogens is 345 g/mol. The zero-order chi connectivity index (χ0) is 18.6. The first kappa shape index (κ1) is 19.2. The Hall–Kier alpha value is -2.11. The summed E-state index contributed by atoms with van der Waals surface area (Å²) >= 11 is 6.08. The van der Waals surface area contributed by atoms with Crippen LogP contribution in [0.5, 0.6) is 5.75 Å². The predicted octanol–water partition coefficient (Wildman–Crippen LogP) is 4.02. The number of phenols is 1. The highest BCUT2D eigenvalue weighted by molar-refractivity contribution is 6.33. The van der Waals surface area contributed by atoms with Crippen molar-refractivity contribution in [2.75, 3.05) is 13.1 Å². The van der Waals surface area contributed by atoms with Gasteiger partial charge in [-0.2, -0.15) is 0 Å². The van der Waals surface area contributed by atoms with Crippen molar-refractivity contribution in [2.24, 2.45) is 5.92 Å². The van der Waals surface area contributed by atoms with E-state index in [-0.39, 0.29) is 34.7 Å². The van der Waals surface area contributed by atoms with Crippen LogP contribution in [0.15, 0.2) is 42.5 Å². The van der Waals surface area contributed by atoms with Gasteiger partial charge in [0.2, 0.25) is 0 Å². The molecule has 1 unspecified atom stereocenters. The van der Waals surface area contributed by atoms with Crippen molar-refractivity contribution in [1.29, 1.82) is 0 Å². The number of carbonyl (C=O) groups is 1. The van der Waals surface area contributed by atoms with E-state index in [1.54, 1.807) is 0 Å². The van der Waals surface area contributed by atoms with Crippen LogP contribution in [-0.2, 0) is 0 Å². The molecule has 134 valence electrons. The molecule has 0 aliphatic carbocycles. The van der Waals surface area contributed by atoms with Gasteiger partial charge in [0.1, 0.15) is 11.6 Å². The smallest absolute Gasteiger partial charge is 0.255 e. The molecular formula is C19H21ClFNO3. The van der Waals surface area contributed by atoms with Gasteiger partial charge in [-0.15, -0.1) is 0 Å². The van der Waals surface area contributed by atoms with Gasteiger partial charge in [-0.3, -0.25) is 4.79 Å². The molecule has 0 saturated heterocycles. The lowest BCUT2D eigenvalue weighted by Crippen LogP contribution is -2.37. The Morgan fingerprint density at radius 2 is 1.80 bits per heavy atom. The number of benzene rings is 2. The highest BCUT2D eigenvalue weighted by Crippen LogP contribution is 2.24. The number of amides is 1. The minimum atomic E-state index is -0.959. The summed E-state index contributed by atoms with van der Waals surface area (Å²) in [4.78, 5) is 14.3. The average molecular weight is 366 g/mol. The molecule has 2 aromatic carbocycles. The van der Waals surface area contributed by atoms with Gasteiger partial charge < -0.3 is 15.1 Å². The van der Waals surface area contributed by atoms with E-state index in [1.807, 2.05) is 13.8 Å². The third-order valence-corrected chi connectivity index (χ3v) is 4.03. The molecule has 2 N–H and O–H groups in total. The number of carbonyl (C=O) groups excluding carboxylic acids is 1. The Labute approximate surface area is 151 Å². The lowest BCUT2D eigenvalue weighted by molar-refractivity contribution is 0.0594. The van der Waals surface area contributed by atoms with E-state index in [0.717, 1.165) is 0 Å². The van der Waals surface area contributed by atoms with Crippen molar-refractivity contribution in [3.05, 3.63) is 64.4 Å². The molecule has 0 aromatic heterocycles. The predicted molar refractivity (Wildman–Crippen MR) is 95.2 cm³/mol. The summed E-state index contributed by atoms with van der Waals surface area (Å²) in [6, 6.07) is 9.66. The van der Waals surface area contributed by atoms with Crippen molar-refractivity contribution < 1.29 is 19.4 Å². The van der Waals surface area contributed by atoms with Gasteiger partial charge in [0.15, 0.2) is 0 Å². The van der Waals surface area contributed by atoms with Crippen LogP contribution in [-0.4, -0.2) is 34.1 Å². The summed E-state index contributed by atoms with van der Waals surface area (Å²) in [5.41, 5.74) is 0.693. The first-order valence-electron chi connectivity index (χ1n) is 7.99. The summed E-state index contributed by atoms with van der Waals surface area (Å²) < 4.78 is 13.0. The quantitative estimate of drug-likeness (QED) is 0.812. The van der Waals surface area contributed by atoms with Gasteiger partial charge in [-0.1, -0.05) is 37.6 Å². The highest BCUT2D eigenvalue weighted by Gasteiger charge is 2.23. The van der Waals surface area contributed by atoms with E-state index < -0.39 is 11.9 Å². The maximum Gasteiger partial charge on any atom is 0.255 e. The van der Waals surface area contributed by atoms with E-state index in [2.05, 4.69) is 0 Å². The Morgan fingerprint density at radius 1 is 1.16 bits per heavy atom. The fraction of sp³-hybridized carbons (Fsp3) is 0.316. The number of nitrogens with zero attached hydrogens (tertiary/aromatic N) is 1. The van der Waals surface area contributed by atoms with Crippen molar-refractivity contribution >= 4 is 17.5 Å². The van der Waals surface area contributed by atoms with Crippen LogP contribution in [0.4, 0.5) is 4.39 Å². The zero-order valence-electron chi connectivity index (χ0n) is 14.1. The minimum absolute atomic E-state index is 0.0363. The Balaban J connectivity index is 2.24. The lowest BCUT2D eigenvalue weighted by Gasteiger charge is -2.27. The van der Waals surface area contributed by atoms with Gasteiger partial charge in [-0.25, -0.2) is 4.39 Å². The van der Waals surface area contributed by atoms with Crippen LogP contribution >= 0.6 is 11.6 Å². The number of halogens is 2. The van der Waals surface area contributed by atoms with Crippen molar-refractivity contribution in [2.45, 2.75) is 20.0 Å². The van der Waals surface area contributed by atoms with Crippen molar-refractivity contribution in [1.82, 2.24) is 4.90 Å². The monoisotopic (exact) mass is 365 g/mol. The molecule has 0 fully saturated rings. The summed E-state index contributed by atoms with van der Waals surface area (Å²) in [5.74, 6) is -0.662. The molecule has 0 spiro atoms. The number of aliphatic hydroxyl groups excluding tert-OH is 1. The highest BCUT2D eigenvalue weighted by atomic mass is 35.5. The molecule has 6 heteroatoms. The van der Waals surface area contributed by atoms with Gasteiger partial charge >= 0.3 is 0 Å². The standard InChI is InChI=1S/C19H21ClFNO3/c1-12(2)10-22(11-18(24)13-3-5-14(21)6-4-13)19(25)16-9-15(23)7-8-17(16)20/h3-9,12,18,23-24H,10-11H2,1-2H3. The average Bonchev–Trinajstić information content (AvgIpc) is 2.56. The number of hydrogen-bond donors (Lipinski definition) is 2. The maximum atomic E-state index is 13.0. The minimum Gasteiger partial charge on any atom is -0.508 e. The van der Waals surface area contributed by atoms with E-state index >= 15 is 0 Å². The molecule has 1 amide bonds. The number of phenolic OH excluding ortho intramolecular Hbond substituents is 1. The largest absolute Gasteiger partial charge is 0.508 e. The van der Waals surface area contributed by atoms with Gasteiger partial charge in [0.25, 0.3) is 5.91 Å². The summed E-state index contributed by atoms with van der Waals surface area (Å²) in [6.45, 7) is 4.35.